The number of hydrogen-bond donors (Lipinski definition) is 2. The first-order chi connectivity index (χ1) is 15.0. The Morgan fingerprint density at radius 1 is 1.42 bits per heavy atom. The van der Waals surface area contributed by atoms with Gasteiger partial charge in [-0.1, -0.05) is 6.92 Å². The Morgan fingerprint density at radius 2 is 2.26 bits per heavy atom. The third-order valence-corrected chi connectivity index (χ3v) is 6.66. The van der Waals surface area contributed by atoms with Crippen LogP contribution in [0.25, 0.3) is 10.2 Å². The Morgan fingerprint density at radius 3 is 3.03 bits per heavy atom. The van der Waals surface area contributed by atoms with Gasteiger partial charge in [-0.25, -0.2) is 14.4 Å². The molecular weight excluding hydrogens is 417 g/mol. The zero-order valence-corrected chi connectivity index (χ0v) is 18.5. The number of hydrogen-bond acceptors (Lipinski definition) is 7. The van der Waals surface area contributed by atoms with Gasteiger partial charge < -0.3 is 15.8 Å². The molecule has 31 heavy (non-hydrogen) atoms. The molecule has 4 rings (SSSR count). The van der Waals surface area contributed by atoms with Crippen LogP contribution in [-0.2, 0) is 0 Å². The van der Waals surface area contributed by atoms with Gasteiger partial charge in [-0.2, -0.15) is 0 Å². The van der Waals surface area contributed by atoms with E-state index >= 15 is 0 Å². The second-order valence-corrected chi connectivity index (χ2v) is 8.77. The molecule has 0 radical (unpaired) electrons. The number of amides is 1. The molecule has 0 unspecified atom stereocenters. The number of nitrogens with one attached hydrogen (secondary N) is 1. The zero-order chi connectivity index (χ0) is 22.0. The number of anilines is 2. The van der Waals surface area contributed by atoms with E-state index in [1.807, 2.05) is 6.92 Å². The number of carbonyl (C=O) groups excluding carboxylic acids is 1. The minimum atomic E-state index is -0.494. The highest BCUT2D eigenvalue weighted by atomic mass is 32.1. The fourth-order valence-electron chi connectivity index (χ4n) is 4.03. The van der Waals surface area contributed by atoms with E-state index in [4.69, 9.17) is 10.5 Å². The van der Waals surface area contributed by atoms with Gasteiger partial charge in [0.05, 0.1) is 16.0 Å². The molecule has 3 N–H and O–H groups in total. The Kier molecular flexibility index (Phi) is 6.33. The number of ether oxygens (including phenoxy) is 1. The summed E-state index contributed by atoms with van der Waals surface area (Å²) in [5.74, 6) is 0.112. The number of nitrogens with zero attached hydrogens (tertiary/aromatic N) is 3. The quantitative estimate of drug-likeness (QED) is 0.568. The van der Waals surface area contributed by atoms with Crippen LogP contribution in [-0.4, -0.2) is 46.5 Å². The van der Waals surface area contributed by atoms with Crippen molar-refractivity contribution < 1.29 is 13.9 Å². The molecule has 1 atom stereocenters. The largest absolute Gasteiger partial charge is 0.487 e. The van der Waals surface area contributed by atoms with Gasteiger partial charge >= 0.3 is 0 Å². The summed E-state index contributed by atoms with van der Waals surface area (Å²) in [6.45, 7) is 6.91. The van der Waals surface area contributed by atoms with Crippen LogP contribution >= 0.6 is 11.3 Å². The molecule has 0 saturated carbocycles. The number of nitrogens with two attached hydrogens (primary N) is 1. The maximum absolute atomic E-state index is 14.1. The van der Waals surface area contributed by atoms with Crippen molar-refractivity contribution in [2.24, 2.45) is 5.73 Å². The summed E-state index contributed by atoms with van der Waals surface area (Å²) in [5, 5.41) is 3.99. The average Bonchev–Trinajstić information content (AvgIpc) is 3.08. The summed E-state index contributed by atoms with van der Waals surface area (Å²) in [6.07, 6.45) is 4.51. The first kappa shape index (κ1) is 21.5. The molecule has 3 aromatic rings. The van der Waals surface area contributed by atoms with E-state index in [1.54, 1.807) is 6.07 Å². The minimum absolute atomic E-state index is 0.00239. The molecule has 1 aliphatic heterocycles. The summed E-state index contributed by atoms with van der Waals surface area (Å²) in [7, 11) is 0. The van der Waals surface area contributed by atoms with Crippen LogP contribution in [0.2, 0.25) is 0 Å². The minimum Gasteiger partial charge on any atom is -0.487 e. The van der Waals surface area contributed by atoms with E-state index in [0.29, 0.717) is 27.0 Å². The van der Waals surface area contributed by atoms with E-state index in [1.165, 1.54) is 29.8 Å². The van der Waals surface area contributed by atoms with Crippen molar-refractivity contribution in [1.82, 2.24) is 14.9 Å². The number of benzene rings is 1. The number of primary amides is 1. The van der Waals surface area contributed by atoms with Crippen molar-refractivity contribution in [2.45, 2.75) is 39.2 Å². The lowest BCUT2D eigenvalue weighted by molar-refractivity contribution is 0.0890. The van der Waals surface area contributed by atoms with Crippen LogP contribution in [0.1, 0.15) is 41.4 Å². The summed E-state index contributed by atoms with van der Waals surface area (Å²) >= 11 is 1.23. The number of carbonyl (C=O) groups is 1. The van der Waals surface area contributed by atoms with Gasteiger partial charge in [0.15, 0.2) is 0 Å². The number of aromatic nitrogens is 2. The monoisotopic (exact) mass is 443 g/mol. The molecule has 1 saturated heterocycles. The maximum atomic E-state index is 14.1. The third-order valence-electron chi connectivity index (χ3n) is 5.44. The fraction of sp³-hybridized carbons (Fsp3) is 0.409. The summed E-state index contributed by atoms with van der Waals surface area (Å²) < 4.78 is 20.3. The Labute approximate surface area is 184 Å². The average molecular weight is 444 g/mol. The number of aryl methyl sites for hydroxylation is 1. The van der Waals surface area contributed by atoms with E-state index < -0.39 is 5.91 Å². The second kappa shape index (κ2) is 9.15. The van der Waals surface area contributed by atoms with Gasteiger partial charge in [-0.3, -0.25) is 9.69 Å². The predicted molar refractivity (Wildman–Crippen MR) is 121 cm³/mol. The van der Waals surface area contributed by atoms with E-state index in [-0.39, 0.29) is 11.9 Å². The SMILES string of the molecule is CCCN1CCC[C@@H](Oc2cc(F)ccc2Nc2ncnc3sc(C(N)=O)c(C)c23)C1. The molecule has 164 valence electrons. The molecule has 0 spiro atoms. The molecule has 1 fully saturated rings. The van der Waals surface area contributed by atoms with Crippen LogP contribution < -0.4 is 15.8 Å². The molecule has 0 aliphatic carbocycles. The highest BCUT2D eigenvalue weighted by Crippen LogP contribution is 2.36. The standard InChI is InChI=1S/C22H26FN5O2S/c1-3-8-28-9-4-5-15(11-28)30-17-10-14(23)6-7-16(17)27-21-18-13(2)19(20(24)29)31-22(18)26-12-25-21/h6-7,10,12,15H,3-5,8-9,11H2,1-2H3,(H2,24,29)(H,25,26,27)/t15-/m1/s1. The Hall–Kier alpha value is -2.78. The normalized spacial score (nSPS) is 17.1. The van der Waals surface area contributed by atoms with Gasteiger partial charge in [0.1, 0.15) is 34.6 Å². The molecule has 1 amide bonds. The first-order valence-corrected chi connectivity index (χ1v) is 11.3. The third kappa shape index (κ3) is 4.62. The highest BCUT2D eigenvalue weighted by molar-refractivity contribution is 7.20. The van der Waals surface area contributed by atoms with Crippen LogP contribution in [0.4, 0.5) is 15.9 Å². The molecule has 9 heteroatoms. The number of thiophene rings is 1. The van der Waals surface area contributed by atoms with Crippen molar-refractivity contribution >= 4 is 39.0 Å². The number of halogens is 1. The molecule has 7 nitrogen and oxygen atoms in total. The molecule has 0 bridgehead atoms. The number of rotatable bonds is 7. The number of fused-ring (bicyclic) bond motifs is 1. The van der Waals surface area contributed by atoms with Crippen LogP contribution in [0.5, 0.6) is 5.75 Å². The van der Waals surface area contributed by atoms with Crippen molar-refractivity contribution in [2.75, 3.05) is 25.0 Å². The Bertz CT molecular complexity index is 1100. The second-order valence-electron chi connectivity index (χ2n) is 7.77. The molecule has 3 heterocycles. The van der Waals surface area contributed by atoms with E-state index in [9.17, 15) is 9.18 Å². The predicted octanol–water partition coefficient (Wildman–Crippen LogP) is 4.23. The van der Waals surface area contributed by atoms with Gasteiger partial charge in [0.25, 0.3) is 5.91 Å². The zero-order valence-electron chi connectivity index (χ0n) is 17.7. The van der Waals surface area contributed by atoms with Crippen LogP contribution in [0.3, 0.4) is 0 Å². The first-order valence-electron chi connectivity index (χ1n) is 10.5. The van der Waals surface area contributed by atoms with E-state index in [0.717, 1.165) is 49.8 Å². The van der Waals surface area contributed by atoms with Crippen molar-refractivity contribution in [3.05, 3.63) is 40.8 Å². The molecule has 1 aromatic carbocycles. The smallest absolute Gasteiger partial charge is 0.259 e. The summed E-state index contributed by atoms with van der Waals surface area (Å²) in [6, 6.07) is 4.42. The lowest BCUT2D eigenvalue weighted by Gasteiger charge is -2.33. The number of likely N-dealkylation sites (tertiary alicyclic amines) is 1. The lowest BCUT2D eigenvalue weighted by Crippen LogP contribution is -2.41. The fourth-order valence-corrected chi connectivity index (χ4v) is 5.03. The molecule has 2 aromatic heterocycles. The topological polar surface area (TPSA) is 93.4 Å². The van der Waals surface area contributed by atoms with Gasteiger partial charge in [0, 0.05) is 12.6 Å². The number of piperidine rings is 1. The van der Waals surface area contributed by atoms with Gasteiger partial charge in [0.2, 0.25) is 0 Å². The lowest BCUT2D eigenvalue weighted by atomic mass is 10.1. The maximum Gasteiger partial charge on any atom is 0.259 e. The van der Waals surface area contributed by atoms with Crippen molar-refractivity contribution in [1.29, 1.82) is 0 Å². The van der Waals surface area contributed by atoms with Crippen LogP contribution in [0.15, 0.2) is 24.5 Å². The van der Waals surface area contributed by atoms with Crippen LogP contribution in [0, 0.1) is 12.7 Å². The molecular formula is C22H26FN5O2S. The van der Waals surface area contributed by atoms with E-state index in [2.05, 4.69) is 27.1 Å². The Balaban J connectivity index is 1.63. The van der Waals surface area contributed by atoms with Gasteiger partial charge in [-0.15, -0.1) is 11.3 Å². The highest BCUT2D eigenvalue weighted by Gasteiger charge is 2.23. The summed E-state index contributed by atoms with van der Waals surface area (Å²) in [5.41, 5.74) is 6.83. The molecule has 1 aliphatic rings. The van der Waals surface area contributed by atoms with Crippen molar-refractivity contribution in [3.63, 3.8) is 0 Å². The van der Waals surface area contributed by atoms with Gasteiger partial charge in [-0.05, 0) is 57.0 Å². The van der Waals surface area contributed by atoms with Crippen molar-refractivity contribution in [3.8, 4) is 5.75 Å². The summed E-state index contributed by atoms with van der Waals surface area (Å²) in [4.78, 5) is 23.9.